The van der Waals surface area contributed by atoms with Gasteiger partial charge in [-0.2, -0.15) is 0 Å². The third-order valence-electron chi connectivity index (χ3n) is 3.30. The highest BCUT2D eigenvalue weighted by Gasteiger charge is 2.09. The van der Waals surface area contributed by atoms with Crippen LogP contribution in [-0.2, 0) is 0 Å². The van der Waals surface area contributed by atoms with Crippen LogP contribution in [0.3, 0.4) is 0 Å². The normalized spacial score (nSPS) is 10.9. The number of fused-ring (bicyclic) bond motifs is 1. The third kappa shape index (κ3) is 2.23. The van der Waals surface area contributed by atoms with E-state index in [1.54, 1.807) is 11.3 Å². The summed E-state index contributed by atoms with van der Waals surface area (Å²) in [5.41, 5.74) is 11.2. The van der Waals surface area contributed by atoms with Crippen molar-refractivity contribution in [3.05, 3.63) is 42.0 Å². The summed E-state index contributed by atoms with van der Waals surface area (Å²) in [6.07, 6.45) is 0. The minimum absolute atomic E-state index is 0.757. The Bertz CT molecular complexity index is 757. The van der Waals surface area contributed by atoms with Gasteiger partial charge >= 0.3 is 0 Å². The molecule has 2 aromatic carbocycles. The average molecular weight is 283 g/mol. The van der Waals surface area contributed by atoms with E-state index in [9.17, 15) is 0 Å². The molecule has 1 heterocycles. The SMILES string of the molecule is Cc1cc(N)c2nc(-c3ccc(N(C)C)cc3)sc2c1. The smallest absolute Gasteiger partial charge is 0.124 e. The molecular formula is C16H17N3S. The second-order valence-electron chi connectivity index (χ2n) is 5.16. The summed E-state index contributed by atoms with van der Waals surface area (Å²) in [4.78, 5) is 6.76. The number of rotatable bonds is 2. The van der Waals surface area contributed by atoms with Crippen molar-refractivity contribution in [1.29, 1.82) is 0 Å². The lowest BCUT2D eigenvalue weighted by Gasteiger charge is -2.11. The first-order valence-corrected chi connectivity index (χ1v) is 7.30. The number of nitrogen functional groups attached to an aromatic ring is 1. The van der Waals surface area contributed by atoms with Crippen LogP contribution in [0.1, 0.15) is 5.56 Å². The Morgan fingerprint density at radius 3 is 2.45 bits per heavy atom. The monoisotopic (exact) mass is 283 g/mol. The van der Waals surface area contributed by atoms with E-state index in [1.165, 1.54) is 11.3 Å². The van der Waals surface area contributed by atoms with Crippen molar-refractivity contribution in [2.24, 2.45) is 0 Å². The van der Waals surface area contributed by atoms with Gasteiger partial charge in [0, 0.05) is 25.3 Å². The molecule has 20 heavy (non-hydrogen) atoms. The second kappa shape index (κ2) is 4.80. The van der Waals surface area contributed by atoms with Gasteiger partial charge in [0.1, 0.15) is 10.5 Å². The third-order valence-corrected chi connectivity index (χ3v) is 4.35. The molecule has 2 N–H and O–H groups in total. The summed E-state index contributed by atoms with van der Waals surface area (Å²) in [5.74, 6) is 0. The summed E-state index contributed by atoms with van der Waals surface area (Å²) in [6, 6.07) is 12.5. The molecule has 3 nitrogen and oxygen atoms in total. The van der Waals surface area contributed by atoms with Gasteiger partial charge in [0.2, 0.25) is 0 Å². The maximum Gasteiger partial charge on any atom is 0.124 e. The lowest BCUT2D eigenvalue weighted by molar-refractivity contribution is 1.13. The quantitative estimate of drug-likeness (QED) is 0.725. The fraction of sp³-hybridized carbons (Fsp3) is 0.188. The van der Waals surface area contributed by atoms with Crippen molar-refractivity contribution < 1.29 is 0 Å². The Balaban J connectivity index is 2.08. The molecule has 0 atom stereocenters. The van der Waals surface area contributed by atoms with Crippen LogP contribution in [0.2, 0.25) is 0 Å². The topological polar surface area (TPSA) is 42.1 Å². The summed E-state index contributed by atoms with van der Waals surface area (Å²) in [5, 5.41) is 1.02. The first-order valence-electron chi connectivity index (χ1n) is 6.49. The lowest BCUT2D eigenvalue weighted by Crippen LogP contribution is -2.07. The van der Waals surface area contributed by atoms with Crippen LogP contribution in [0, 0.1) is 6.92 Å². The molecule has 0 radical (unpaired) electrons. The Labute approximate surface area is 122 Å². The molecule has 102 valence electrons. The predicted molar refractivity (Wildman–Crippen MR) is 88.5 cm³/mol. The zero-order valence-electron chi connectivity index (χ0n) is 11.8. The van der Waals surface area contributed by atoms with Crippen LogP contribution in [0.25, 0.3) is 20.8 Å². The molecule has 0 bridgehead atoms. The zero-order valence-corrected chi connectivity index (χ0v) is 12.7. The van der Waals surface area contributed by atoms with E-state index in [0.29, 0.717) is 0 Å². The van der Waals surface area contributed by atoms with E-state index in [4.69, 9.17) is 5.73 Å². The van der Waals surface area contributed by atoms with Gasteiger partial charge in [-0.25, -0.2) is 4.98 Å². The molecule has 0 aliphatic rings. The molecule has 3 aromatic rings. The first-order chi connectivity index (χ1) is 9.54. The molecule has 1 aromatic heterocycles. The maximum absolute atomic E-state index is 6.05. The number of benzene rings is 2. The molecule has 0 unspecified atom stereocenters. The average Bonchev–Trinajstić information content (AvgIpc) is 2.83. The molecule has 3 rings (SSSR count). The fourth-order valence-corrected chi connectivity index (χ4v) is 3.33. The summed E-state index contributed by atoms with van der Waals surface area (Å²) >= 11 is 1.69. The van der Waals surface area contributed by atoms with Crippen LogP contribution in [-0.4, -0.2) is 19.1 Å². The van der Waals surface area contributed by atoms with Crippen molar-refractivity contribution >= 4 is 32.9 Å². The molecule has 0 aliphatic carbocycles. The molecule has 0 amide bonds. The van der Waals surface area contributed by atoms with Crippen LogP contribution in [0.15, 0.2) is 36.4 Å². The number of anilines is 2. The van der Waals surface area contributed by atoms with Gasteiger partial charge in [-0.15, -0.1) is 11.3 Å². The van der Waals surface area contributed by atoms with Gasteiger partial charge in [-0.3, -0.25) is 0 Å². The van der Waals surface area contributed by atoms with Crippen molar-refractivity contribution in [3.63, 3.8) is 0 Å². The highest BCUT2D eigenvalue weighted by molar-refractivity contribution is 7.21. The van der Waals surface area contributed by atoms with Gasteiger partial charge in [-0.1, -0.05) is 0 Å². The first kappa shape index (κ1) is 12.9. The van der Waals surface area contributed by atoms with Crippen LogP contribution in [0.5, 0.6) is 0 Å². The van der Waals surface area contributed by atoms with E-state index in [0.717, 1.165) is 26.5 Å². The zero-order chi connectivity index (χ0) is 14.3. The van der Waals surface area contributed by atoms with E-state index in [-0.39, 0.29) is 0 Å². The largest absolute Gasteiger partial charge is 0.397 e. The summed E-state index contributed by atoms with van der Waals surface area (Å²) in [7, 11) is 4.08. The fourth-order valence-electron chi connectivity index (χ4n) is 2.22. The number of hydrogen-bond donors (Lipinski definition) is 1. The number of nitrogens with two attached hydrogens (primary N) is 1. The minimum atomic E-state index is 0.757. The number of hydrogen-bond acceptors (Lipinski definition) is 4. The molecule has 4 heteroatoms. The highest BCUT2D eigenvalue weighted by Crippen LogP contribution is 2.34. The predicted octanol–water partition coefficient (Wildman–Crippen LogP) is 3.92. The van der Waals surface area contributed by atoms with E-state index in [2.05, 4.69) is 47.1 Å². The van der Waals surface area contributed by atoms with Crippen molar-refractivity contribution in [2.75, 3.05) is 24.7 Å². The van der Waals surface area contributed by atoms with Gasteiger partial charge in [0.05, 0.1) is 10.4 Å². The summed E-state index contributed by atoms with van der Waals surface area (Å²) < 4.78 is 1.15. The molecule has 0 saturated carbocycles. The minimum Gasteiger partial charge on any atom is -0.397 e. The Morgan fingerprint density at radius 1 is 1.10 bits per heavy atom. The number of thiazole rings is 1. The van der Waals surface area contributed by atoms with Gasteiger partial charge in [-0.05, 0) is 48.9 Å². The van der Waals surface area contributed by atoms with E-state index in [1.807, 2.05) is 20.2 Å². The molecule has 0 aliphatic heterocycles. The molecular weight excluding hydrogens is 266 g/mol. The van der Waals surface area contributed by atoms with Crippen molar-refractivity contribution in [2.45, 2.75) is 6.92 Å². The Hall–Kier alpha value is -2.07. The van der Waals surface area contributed by atoms with Crippen molar-refractivity contribution in [3.8, 4) is 10.6 Å². The molecule has 0 saturated heterocycles. The molecule has 0 fully saturated rings. The number of aryl methyl sites for hydroxylation is 1. The summed E-state index contributed by atoms with van der Waals surface area (Å²) in [6.45, 7) is 2.06. The van der Waals surface area contributed by atoms with Gasteiger partial charge in [0.15, 0.2) is 0 Å². The van der Waals surface area contributed by atoms with Crippen molar-refractivity contribution in [1.82, 2.24) is 4.98 Å². The maximum atomic E-state index is 6.05. The van der Waals surface area contributed by atoms with Crippen LogP contribution in [0.4, 0.5) is 11.4 Å². The Morgan fingerprint density at radius 2 is 1.80 bits per heavy atom. The van der Waals surface area contributed by atoms with E-state index >= 15 is 0 Å². The van der Waals surface area contributed by atoms with Gasteiger partial charge < -0.3 is 10.6 Å². The highest BCUT2D eigenvalue weighted by atomic mass is 32.1. The van der Waals surface area contributed by atoms with Crippen LogP contribution >= 0.6 is 11.3 Å². The number of nitrogens with zero attached hydrogens (tertiary/aromatic N) is 2. The standard InChI is InChI=1S/C16H17N3S/c1-10-8-13(17)15-14(9-10)20-16(18-15)11-4-6-12(7-5-11)19(2)3/h4-9H,17H2,1-3H3. The second-order valence-corrected chi connectivity index (χ2v) is 6.19. The van der Waals surface area contributed by atoms with Gasteiger partial charge in [0.25, 0.3) is 0 Å². The van der Waals surface area contributed by atoms with E-state index < -0.39 is 0 Å². The number of aromatic nitrogens is 1. The van der Waals surface area contributed by atoms with Crippen LogP contribution < -0.4 is 10.6 Å². The Kier molecular flexibility index (Phi) is 3.10. The molecule has 0 spiro atoms. The lowest BCUT2D eigenvalue weighted by atomic mass is 10.2.